The van der Waals surface area contributed by atoms with Crippen molar-refractivity contribution < 1.29 is 65.9 Å². The van der Waals surface area contributed by atoms with E-state index in [4.69, 9.17) is 0 Å². The Kier molecular flexibility index (Phi) is 28.2. The molecule has 1 saturated heterocycles. The van der Waals surface area contributed by atoms with Crippen LogP contribution in [0.5, 0.6) is 0 Å². The average Bonchev–Trinajstić information content (AvgIpc) is 1.57. The molecular formula is C62H100F3N11O11. The number of benzene rings is 1. The molecule has 22 nitrogen and oxygen atoms in total. The maximum atomic E-state index is 14.9. The zero-order valence-corrected chi connectivity index (χ0v) is 54.5. The number of nitrogens with zero attached hydrogens (tertiary/aromatic N) is 7. The zero-order chi connectivity index (χ0) is 66.2. The Morgan fingerprint density at radius 3 is 1.67 bits per heavy atom. The van der Waals surface area contributed by atoms with E-state index in [1.165, 1.54) is 96.9 Å². The largest absolute Gasteiger partial charge is 0.416 e. The molecule has 0 unspecified atom stereocenters. The van der Waals surface area contributed by atoms with Crippen molar-refractivity contribution in [1.29, 1.82) is 0 Å². The van der Waals surface area contributed by atoms with Gasteiger partial charge in [-0.2, -0.15) is 13.2 Å². The zero-order valence-electron chi connectivity index (χ0n) is 54.5. The van der Waals surface area contributed by atoms with Gasteiger partial charge in [0.1, 0.15) is 41.8 Å². The fourth-order valence-corrected chi connectivity index (χ4v) is 10.9. The monoisotopic (exact) mass is 1230 g/mol. The molecule has 4 N–H and O–H groups in total. The molecule has 1 aromatic carbocycles. The first-order chi connectivity index (χ1) is 40.3. The van der Waals surface area contributed by atoms with E-state index in [0.29, 0.717) is 12.0 Å². The Morgan fingerprint density at radius 2 is 1.13 bits per heavy atom. The molecule has 8 atom stereocenters. The number of nitrogens with one attached hydrogen (secondary N) is 4. The van der Waals surface area contributed by atoms with Gasteiger partial charge in [0.2, 0.25) is 65.0 Å². The maximum Gasteiger partial charge on any atom is 0.416 e. The predicted octanol–water partition coefficient (Wildman–Crippen LogP) is 4.22. The van der Waals surface area contributed by atoms with Crippen LogP contribution in [-0.4, -0.2) is 216 Å². The van der Waals surface area contributed by atoms with Crippen molar-refractivity contribution in [1.82, 2.24) is 55.6 Å². The molecule has 1 saturated carbocycles. The van der Waals surface area contributed by atoms with E-state index in [2.05, 4.69) is 21.3 Å². The Labute approximate surface area is 513 Å². The van der Waals surface area contributed by atoms with Crippen molar-refractivity contribution in [2.45, 2.75) is 200 Å². The first kappa shape index (κ1) is 74.4. The number of rotatable bonds is 11. The summed E-state index contributed by atoms with van der Waals surface area (Å²) in [6.07, 6.45) is 0.224. The van der Waals surface area contributed by atoms with Crippen molar-refractivity contribution in [2.24, 2.45) is 23.7 Å². The number of carbonyl (C=O) groups excluding carboxylic acids is 11. The van der Waals surface area contributed by atoms with Gasteiger partial charge in [-0.05, 0) is 101 Å². The standard InChI is InChI=1S/C62H100F3N11O11/c1-18-39(6)53-59(86)72(13)35-51(79)70(11)36-52(80)74(15)48(33-43-22-20-19-21-23-43)58(85)71(12)34-49(77)67-45(29-26-42-24-27-44(28-25-42)62(63,64)65)57(84)75(16)47(31-38(4)5)56(83)69-61(9,10)60(87)76(17)46(30-37(2)3)55(82)66-40(7)32-50(78)73(14)41(8)54(81)68-53/h24-25,27-28,37-41,43,45-48,53H,18-23,26,29-36H2,1-17H3,(H,66,82)(H,67,77)(H,68,81)(H,69,83)/t39-,40+,41-,45-,46-,47+,48-,53-/m0/s1. The van der Waals surface area contributed by atoms with Gasteiger partial charge in [0, 0.05) is 61.8 Å². The van der Waals surface area contributed by atoms with Crippen LogP contribution in [0.2, 0.25) is 0 Å². The number of carbonyl (C=O) groups is 11. The van der Waals surface area contributed by atoms with Crippen LogP contribution < -0.4 is 21.3 Å². The summed E-state index contributed by atoms with van der Waals surface area (Å²) in [7, 11) is 9.74. The van der Waals surface area contributed by atoms with Crippen LogP contribution in [0.4, 0.5) is 13.2 Å². The number of amides is 11. The molecule has 0 aromatic heterocycles. The molecular weight excluding hydrogens is 1130 g/mol. The van der Waals surface area contributed by atoms with Crippen molar-refractivity contribution in [2.75, 3.05) is 69.0 Å². The topological polar surface area (TPSA) is 259 Å². The van der Waals surface area contributed by atoms with E-state index in [1.54, 1.807) is 13.8 Å². The summed E-state index contributed by atoms with van der Waals surface area (Å²) < 4.78 is 40.7. The smallest absolute Gasteiger partial charge is 0.351 e. The molecule has 490 valence electrons. The molecule has 1 heterocycles. The third-order valence-corrected chi connectivity index (χ3v) is 16.9. The lowest BCUT2D eigenvalue weighted by molar-refractivity contribution is -0.149. The normalized spacial score (nSPS) is 25.4. The molecule has 0 bridgehead atoms. The molecule has 0 spiro atoms. The minimum atomic E-state index is -4.61. The summed E-state index contributed by atoms with van der Waals surface area (Å²) in [6, 6.07) is -3.63. The van der Waals surface area contributed by atoms with Crippen molar-refractivity contribution in [3.8, 4) is 0 Å². The summed E-state index contributed by atoms with van der Waals surface area (Å²) in [5.41, 5.74) is -2.20. The van der Waals surface area contributed by atoms with Crippen LogP contribution in [0.25, 0.3) is 0 Å². The summed E-state index contributed by atoms with van der Waals surface area (Å²) in [4.78, 5) is 165. The fraction of sp³-hybridized carbons (Fsp3) is 0.726. The van der Waals surface area contributed by atoms with Crippen molar-refractivity contribution >= 4 is 65.0 Å². The van der Waals surface area contributed by atoms with Gasteiger partial charge in [-0.1, -0.05) is 92.2 Å². The summed E-state index contributed by atoms with van der Waals surface area (Å²) in [5.74, 6) is -8.02. The fourth-order valence-electron chi connectivity index (χ4n) is 10.9. The second-order valence-electron chi connectivity index (χ2n) is 25.7. The number of halogens is 3. The molecule has 87 heavy (non-hydrogen) atoms. The van der Waals surface area contributed by atoms with Gasteiger partial charge in [0.15, 0.2) is 0 Å². The maximum absolute atomic E-state index is 14.9. The summed E-state index contributed by atoms with van der Waals surface area (Å²) in [6.45, 7) is 15.3. The van der Waals surface area contributed by atoms with Gasteiger partial charge in [0.25, 0.3) is 0 Å². The van der Waals surface area contributed by atoms with E-state index in [-0.39, 0.29) is 56.3 Å². The summed E-state index contributed by atoms with van der Waals surface area (Å²) >= 11 is 0. The van der Waals surface area contributed by atoms with E-state index >= 15 is 0 Å². The molecule has 1 aliphatic carbocycles. The molecule has 0 radical (unpaired) electrons. The number of hydrogen-bond donors (Lipinski definition) is 4. The van der Waals surface area contributed by atoms with Crippen LogP contribution in [-0.2, 0) is 65.3 Å². The molecule has 1 aromatic rings. The lowest BCUT2D eigenvalue weighted by Crippen LogP contribution is -2.63. The number of alkyl halides is 3. The molecule has 2 aliphatic rings. The highest BCUT2D eigenvalue weighted by atomic mass is 19.4. The third kappa shape index (κ3) is 21.8. The summed E-state index contributed by atoms with van der Waals surface area (Å²) in [5, 5.41) is 11.1. The predicted molar refractivity (Wildman–Crippen MR) is 322 cm³/mol. The number of likely N-dealkylation sites (N-methyl/N-ethyl adjacent to an activating group) is 7. The van der Waals surface area contributed by atoms with E-state index in [1.807, 2.05) is 34.6 Å². The van der Waals surface area contributed by atoms with E-state index < -0.39 is 150 Å². The molecule has 3 rings (SSSR count). The second kappa shape index (κ2) is 33.0. The van der Waals surface area contributed by atoms with Crippen molar-refractivity contribution in [3.05, 3.63) is 35.4 Å². The third-order valence-electron chi connectivity index (χ3n) is 16.9. The van der Waals surface area contributed by atoms with Crippen LogP contribution >= 0.6 is 0 Å². The Bertz CT molecular complexity index is 2580. The first-order valence-corrected chi connectivity index (χ1v) is 30.5. The first-order valence-electron chi connectivity index (χ1n) is 30.5. The van der Waals surface area contributed by atoms with Gasteiger partial charge in [0.05, 0.1) is 25.2 Å². The van der Waals surface area contributed by atoms with E-state index in [9.17, 15) is 65.9 Å². The molecule has 1 aliphatic heterocycles. The Morgan fingerprint density at radius 1 is 0.586 bits per heavy atom. The highest BCUT2D eigenvalue weighted by Gasteiger charge is 2.42. The lowest BCUT2D eigenvalue weighted by Gasteiger charge is -2.38. The van der Waals surface area contributed by atoms with Gasteiger partial charge >= 0.3 is 6.18 Å². The van der Waals surface area contributed by atoms with Gasteiger partial charge in [-0.25, -0.2) is 0 Å². The van der Waals surface area contributed by atoms with Crippen LogP contribution in [0.1, 0.15) is 151 Å². The van der Waals surface area contributed by atoms with Gasteiger partial charge in [-0.15, -0.1) is 0 Å². The highest BCUT2D eigenvalue weighted by molar-refractivity contribution is 5.98. The Hall–Kier alpha value is -6.82. The second-order valence-corrected chi connectivity index (χ2v) is 25.7. The van der Waals surface area contributed by atoms with Crippen LogP contribution in [0, 0.1) is 23.7 Å². The van der Waals surface area contributed by atoms with Gasteiger partial charge in [-0.3, -0.25) is 52.7 Å². The van der Waals surface area contributed by atoms with Crippen LogP contribution in [0.3, 0.4) is 0 Å². The minimum absolute atomic E-state index is 0.0144. The molecule has 11 amide bonds. The minimum Gasteiger partial charge on any atom is -0.351 e. The lowest BCUT2D eigenvalue weighted by atomic mass is 9.84. The highest BCUT2D eigenvalue weighted by Crippen LogP contribution is 2.31. The van der Waals surface area contributed by atoms with Crippen molar-refractivity contribution in [3.63, 3.8) is 0 Å². The van der Waals surface area contributed by atoms with E-state index in [0.717, 1.165) is 63.8 Å². The Balaban J connectivity index is 2.17. The molecule has 2 fully saturated rings. The average molecular weight is 1230 g/mol. The SMILES string of the molecule is CC[C@H](C)[C@@H]1NC(=O)[C@H](C)N(C)C(=O)C[C@@H](C)NC(=O)[C@H](CC(C)C)N(C)C(=O)C(C)(C)NC(=O)[C@@H](CC(C)C)N(C)C(=O)[C@H](CCc2ccc(C(F)(F)F)cc2)NC(=O)CN(C)C(=O)[C@H](CC2CCCCC2)N(C)C(=O)CN(C)C(=O)CN(C)C1=O. The number of aryl methyl sites for hydroxylation is 1. The molecule has 25 heteroatoms. The number of hydrogen-bond acceptors (Lipinski definition) is 11. The van der Waals surface area contributed by atoms with Gasteiger partial charge < -0.3 is 55.6 Å². The quantitative estimate of drug-likeness (QED) is 0.244. The van der Waals surface area contributed by atoms with Crippen LogP contribution in [0.15, 0.2) is 24.3 Å².